The van der Waals surface area contributed by atoms with E-state index in [-0.39, 0.29) is 30.0 Å². The number of hydrogen-bond donors (Lipinski definition) is 2. The van der Waals surface area contributed by atoms with Gasteiger partial charge in [-0.25, -0.2) is 0 Å². The van der Waals surface area contributed by atoms with E-state index >= 15 is 0 Å². The number of carbonyl (C=O) groups is 1. The van der Waals surface area contributed by atoms with Gasteiger partial charge >= 0.3 is 4.87 Å². The molecule has 1 aromatic carbocycles. The van der Waals surface area contributed by atoms with E-state index in [0.29, 0.717) is 6.42 Å². The van der Waals surface area contributed by atoms with E-state index in [1.807, 2.05) is 30.3 Å². The molecule has 2 N–H and O–H groups in total. The zero-order valence-electron chi connectivity index (χ0n) is 11.8. The molecule has 1 atom stereocenters. The highest BCUT2D eigenvalue weighted by Gasteiger charge is 2.15. The Balaban J connectivity index is 2.07. The Morgan fingerprint density at radius 2 is 2.10 bits per heavy atom. The van der Waals surface area contributed by atoms with Crippen molar-refractivity contribution < 1.29 is 9.90 Å². The second-order valence-corrected chi connectivity index (χ2v) is 5.59. The lowest BCUT2D eigenvalue weighted by atomic mass is 10.0. The van der Waals surface area contributed by atoms with E-state index in [2.05, 4.69) is 5.32 Å². The van der Waals surface area contributed by atoms with Gasteiger partial charge in [0.05, 0.1) is 6.04 Å². The number of nitrogens with one attached hydrogen (secondary N) is 1. The second kappa shape index (κ2) is 7.19. The molecule has 2 aromatic rings. The van der Waals surface area contributed by atoms with Gasteiger partial charge in [0.1, 0.15) is 6.54 Å². The molecule has 0 radical (unpaired) electrons. The first-order valence-electron chi connectivity index (χ1n) is 6.72. The Bertz CT molecular complexity index is 648. The molecule has 112 valence electrons. The zero-order chi connectivity index (χ0) is 15.2. The topological polar surface area (TPSA) is 71.3 Å². The van der Waals surface area contributed by atoms with Crippen LogP contribution in [-0.2, 0) is 11.3 Å². The van der Waals surface area contributed by atoms with Gasteiger partial charge in [-0.05, 0) is 18.9 Å². The SMILES string of the molecule is Cc1csc(=O)n1CC(=O)NC(CCO)c1ccccc1. The van der Waals surface area contributed by atoms with E-state index in [0.717, 1.165) is 22.6 Å². The number of nitrogens with zero attached hydrogens (tertiary/aromatic N) is 1. The molecule has 0 aliphatic carbocycles. The zero-order valence-corrected chi connectivity index (χ0v) is 12.6. The van der Waals surface area contributed by atoms with Crippen LogP contribution in [0.15, 0.2) is 40.5 Å². The van der Waals surface area contributed by atoms with E-state index in [4.69, 9.17) is 5.11 Å². The highest BCUT2D eigenvalue weighted by molar-refractivity contribution is 7.07. The standard InChI is InChI=1S/C15H18N2O3S/c1-11-10-21-15(20)17(11)9-14(19)16-13(7-8-18)12-5-3-2-4-6-12/h2-6,10,13,18H,7-9H2,1H3,(H,16,19). The van der Waals surface area contributed by atoms with Crippen LogP contribution in [-0.4, -0.2) is 22.2 Å². The summed E-state index contributed by atoms with van der Waals surface area (Å²) in [5.41, 5.74) is 1.72. The fraction of sp³-hybridized carbons (Fsp3) is 0.333. The maximum atomic E-state index is 12.1. The molecule has 0 saturated carbocycles. The van der Waals surface area contributed by atoms with Crippen molar-refractivity contribution in [2.75, 3.05) is 6.61 Å². The summed E-state index contributed by atoms with van der Waals surface area (Å²) in [5.74, 6) is -0.235. The molecule has 0 spiro atoms. The van der Waals surface area contributed by atoms with Gasteiger partial charge in [0, 0.05) is 17.7 Å². The first-order valence-corrected chi connectivity index (χ1v) is 7.60. The van der Waals surface area contributed by atoms with Crippen molar-refractivity contribution >= 4 is 17.2 Å². The van der Waals surface area contributed by atoms with Crippen molar-refractivity contribution in [2.45, 2.75) is 25.9 Å². The van der Waals surface area contributed by atoms with Crippen molar-refractivity contribution in [1.29, 1.82) is 0 Å². The molecule has 0 aliphatic rings. The normalized spacial score (nSPS) is 12.1. The van der Waals surface area contributed by atoms with Gasteiger partial charge in [0.25, 0.3) is 0 Å². The van der Waals surface area contributed by atoms with Crippen molar-refractivity contribution in [2.24, 2.45) is 0 Å². The van der Waals surface area contributed by atoms with Crippen molar-refractivity contribution in [3.8, 4) is 0 Å². The maximum Gasteiger partial charge on any atom is 0.307 e. The number of thiazole rings is 1. The smallest absolute Gasteiger partial charge is 0.307 e. The van der Waals surface area contributed by atoms with Crippen LogP contribution in [0.25, 0.3) is 0 Å². The fourth-order valence-electron chi connectivity index (χ4n) is 2.12. The van der Waals surface area contributed by atoms with Crippen LogP contribution in [0.5, 0.6) is 0 Å². The molecule has 0 saturated heterocycles. The first kappa shape index (κ1) is 15.5. The van der Waals surface area contributed by atoms with Crippen LogP contribution >= 0.6 is 11.3 Å². The number of hydrogen-bond acceptors (Lipinski definition) is 4. The number of aryl methyl sites for hydroxylation is 1. The monoisotopic (exact) mass is 306 g/mol. The minimum atomic E-state index is -0.252. The number of aliphatic hydroxyl groups excluding tert-OH is 1. The third-order valence-electron chi connectivity index (χ3n) is 3.23. The predicted molar refractivity (Wildman–Crippen MR) is 82.3 cm³/mol. The summed E-state index contributed by atoms with van der Waals surface area (Å²) in [6.07, 6.45) is 0.438. The lowest BCUT2D eigenvalue weighted by Crippen LogP contribution is -2.34. The lowest BCUT2D eigenvalue weighted by Gasteiger charge is -2.18. The van der Waals surface area contributed by atoms with Crippen molar-refractivity contribution in [3.05, 3.63) is 56.6 Å². The lowest BCUT2D eigenvalue weighted by molar-refractivity contribution is -0.122. The summed E-state index contributed by atoms with van der Waals surface area (Å²) in [6, 6.07) is 9.23. The largest absolute Gasteiger partial charge is 0.396 e. The number of aliphatic hydroxyl groups is 1. The molecule has 0 bridgehead atoms. The molecule has 0 fully saturated rings. The molecule has 1 amide bonds. The number of amides is 1. The van der Waals surface area contributed by atoms with Crippen LogP contribution in [0.2, 0.25) is 0 Å². The Hall–Kier alpha value is -1.92. The molecular formula is C15H18N2O3S. The van der Waals surface area contributed by atoms with Crippen molar-refractivity contribution in [3.63, 3.8) is 0 Å². The summed E-state index contributed by atoms with van der Waals surface area (Å²) in [7, 11) is 0. The molecular weight excluding hydrogens is 288 g/mol. The molecule has 2 rings (SSSR count). The van der Waals surface area contributed by atoms with Gasteiger partial charge in [-0.3, -0.25) is 14.2 Å². The predicted octanol–water partition coefficient (Wildman–Crippen LogP) is 1.46. The van der Waals surface area contributed by atoms with Crippen LogP contribution in [0.3, 0.4) is 0 Å². The molecule has 6 heteroatoms. The molecule has 1 unspecified atom stereocenters. The summed E-state index contributed by atoms with van der Waals surface area (Å²) < 4.78 is 1.45. The number of aromatic nitrogens is 1. The third kappa shape index (κ3) is 4.03. The number of carbonyl (C=O) groups excluding carboxylic acids is 1. The Morgan fingerprint density at radius 1 is 1.38 bits per heavy atom. The average molecular weight is 306 g/mol. The van der Waals surface area contributed by atoms with Gasteiger partial charge in [0.2, 0.25) is 5.91 Å². The van der Waals surface area contributed by atoms with E-state index in [1.54, 1.807) is 12.3 Å². The number of rotatable bonds is 6. The summed E-state index contributed by atoms with van der Waals surface area (Å²) in [6.45, 7) is 1.79. The molecule has 0 aliphatic heterocycles. The highest BCUT2D eigenvalue weighted by Crippen LogP contribution is 2.16. The van der Waals surface area contributed by atoms with E-state index < -0.39 is 0 Å². The van der Waals surface area contributed by atoms with Gasteiger partial charge < -0.3 is 10.4 Å². The highest BCUT2D eigenvalue weighted by atomic mass is 32.1. The van der Waals surface area contributed by atoms with Crippen LogP contribution in [0.4, 0.5) is 0 Å². The molecule has 21 heavy (non-hydrogen) atoms. The average Bonchev–Trinajstić information content (AvgIpc) is 2.79. The first-order chi connectivity index (χ1) is 10.1. The minimum Gasteiger partial charge on any atom is -0.396 e. The molecule has 5 nitrogen and oxygen atoms in total. The Morgan fingerprint density at radius 3 is 2.67 bits per heavy atom. The van der Waals surface area contributed by atoms with Crippen LogP contribution in [0.1, 0.15) is 23.7 Å². The number of benzene rings is 1. The summed E-state index contributed by atoms with van der Waals surface area (Å²) in [4.78, 5) is 23.6. The fourth-order valence-corrected chi connectivity index (χ4v) is 2.85. The molecule has 1 aromatic heterocycles. The summed E-state index contributed by atoms with van der Waals surface area (Å²) in [5, 5.41) is 13.8. The van der Waals surface area contributed by atoms with Gasteiger partial charge in [0.15, 0.2) is 0 Å². The van der Waals surface area contributed by atoms with Crippen LogP contribution < -0.4 is 10.2 Å². The minimum absolute atomic E-state index is 0.00291. The van der Waals surface area contributed by atoms with Gasteiger partial charge in [-0.15, -0.1) is 0 Å². The Labute approximate surface area is 126 Å². The molecule has 1 heterocycles. The van der Waals surface area contributed by atoms with Crippen LogP contribution in [0, 0.1) is 6.92 Å². The maximum absolute atomic E-state index is 12.1. The summed E-state index contributed by atoms with van der Waals surface area (Å²) >= 11 is 1.09. The van der Waals surface area contributed by atoms with Gasteiger partial charge in [-0.2, -0.15) is 0 Å². The third-order valence-corrected chi connectivity index (χ3v) is 4.11. The van der Waals surface area contributed by atoms with Crippen molar-refractivity contribution in [1.82, 2.24) is 9.88 Å². The van der Waals surface area contributed by atoms with E-state index in [1.165, 1.54) is 4.57 Å². The quantitative estimate of drug-likeness (QED) is 0.849. The Kier molecular flexibility index (Phi) is 5.30. The van der Waals surface area contributed by atoms with E-state index in [9.17, 15) is 9.59 Å². The second-order valence-electron chi connectivity index (χ2n) is 4.77. The van der Waals surface area contributed by atoms with Gasteiger partial charge in [-0.1, -0.05) is 41.7 Å².